The molecule has 5 unspecified atom stereocenters. The van der Waals surface area contributed by atoms with Crippen molar-refractivity contribution >= 4 is 11.9 Å². The van der Waals surface area contributed by atoms with E-state index >= 15 is 0 Å². The molecule has 0 spiro atoms. The van der Waals surface area contributed by atoms with E-state index in [9.17, 15) is 9.59 Å². The maximum atomic E-state index is 12.3. The van der Waals surface area contributed by atoms with Crippen molar-refractivity contribution in [1.82, 2.24) is 0 Å². The first kappa shape index (κ1) is 12.9. The minimum Gasteiger partial charge on any atom is -0.459 e. The Balaban J connectivity index is 1.85. The highest BCUT2D eigenvalue weighted by Gasteiger charge is 2.71. The molecule has 3 aliphatic rings. The molecule has 19 heavy (non-hydrogen) atoms. The molecular weight excluding hydrogens is 248 g/mol. The molecule has 5 atom stereocenters. The summed E-state index contributed by atoms with van der Waals surface area (Å²) in [7, 11) is 0. The summed E-state index contributed by atoms with van der Waals surface area (Å²) in [6, 6.07) is 0. The average Bonchev–Trinajstić information content (AvgIpc) is 2.90. The Morgan fingerprint density at radius 2 is 2.21 bits per heavy atom. The Labute approximate surface area is 112 Å². The lowest BCUT2D eigenvalue weighted by Gasteiger charge is -2.35. The lowest BCUT2D eigenvalue weighted by molar-refractivity contribution is -0.179. The molecular formula is C14H20O5. The largest absolute Gasteiger partial charge is 0.459 e. The molecule has 0 aromatic heterocycles. The number of esters is 2. The summed E-state index contributed by atoms with van der Waals surface area (Å²) in [5, 5.41) is 0. The van der Waals surface area contributed by atoms with Gasteiger partial charge in [0.1, 0.15) is 24.2 Å². The van der Waals surface area contributed by atoms with Crippen molar-refractivity contribution in [2.75, 3.05) is 0 Å². The van der Waals surface area contributed by atoms with E-state index in [4.69, 9.17) is 14.2 Å². The maximum Gasteiger partial charge on any atom is 0.316 e. The molecule has 3 heterocycles. The number of fused-ring (bicyclic) bond motifs is 1. The van der Waals surface area contributed by atoms with Crippen LogP contribution < -0.4 is 0 Å². The summed E-state index contributed by atoms with van der Waals surface area (Å²) in [5.74, 6) is -1.03. The molecule has 0 N–H and O–H groups in total. The van der Waals surface area contributed by atoms with Crippen LogP contribution in [0.3, 0.4) is 0 Å². The number of rotatable bonds is 3. The number of hydrogen-bond donors (Lipinski definition) is 0. The zero-order chi connectivity index (χ0) is 14.0. The van der Waals surface area contributed by atoms with Crippen LogP contribution in [-0.4, -0.2) is 35.9 Å². The number of ether oxygens (including phenoxy) is 3. The maximum absolute atomic E-state index is 12.3. The van der Waals surface area contributed by atoms with Gasteiger partial charge in [-0.15, -0.1) is 0 Å². The van der Waals surface area contributed by atoms with Crippen molar-refractivity contribution in [3.8, 4) is 0 Å². The van der Waals surface area contributed by atoms with Crippen molar-refractivity contribution in [1.29, 1.82) is 0 Å². The summed E-state index contributed by atoms with van der Waals surface area (Å²) in [6.07, 6.45) is 0.710. The Morgan fingerprint density at radius 3 is 2.84 bits per heavy atom. The smallest absolute Gasteiger partial charge is 0.316 e. The third-order valence-corrected chi connectivity index (χ3v) is 4.99. The molecule has 0 saturated carbocycles. The van der Waals surface area contributed by atoms with Crippen LogP contribution in [0.5, 0.6) is 0 Å². The van der Waals surface area contributed by atoms with Gasteiger partial charge in [0.05, 0.1) is 5.41 Å². The van der Waals surface area contributed by atoms with Crippen LogP contribution in [0.25, 0.3) is 0 Å². The first-order valence-electron chi connectivity index (χ1n) is 6.89. The minimum absolute atomic E-state index is 0.145. The van der Waals surface area contributed by atoms with Gasteiger partial charge in [-0.3, -0.25) is 9.59 Å². The van der Waals surface area contributed by atoms with Gasteiger partial charge < -0.3 is 14.2 Å². The van der Waals surface area contributed by atoms with Crippen molar-refractivity contribution in [2.45, 2.75) is 64.4 Å². The van der Waals surface area contributed by atoms with Crippen LogP contribution in [0.4, 0.5) is 0 Å². The second kappa shape index (κ2) is 3.72. The first-order chi connectivity index (χ1) is 8.79. The van der Waals surface area contributed by atoms with Crippen molar-refractivity contribution in [3.63, 3.8) is 0 Å². The van der Waals surface area contributed by atoms with Crippen molar-refractivity contribution in [3.05, 3.63) is 0 Å². The molecule has 3 rings (SSSR count). The van der Waals surface area contributed by atoms with Gasteiger partial charge in [-0.05, 0) is 27.2 Å². The zero-order valence-electron chi connectivity index (χ0n) is 11.8. The summed E-state index contributed by atoms with van der Waals surface area (Å²) in [5.41, 5.74) is -1.43. The number of carbonyl (C=O) groups excluding carboxylic acids is 2. The quantitative estimate of drug-likeness (QED) is 0.725. The molecule has 106 valence electrons. The highest BCUT2D eigenvalue weighted by Crippen LogP contribution is 2.54. The number of hydrogen-bond acceptors (Lipinski definition) is 5. The SMILES string of the molecule is CCC(C)(C)C(=O)OC1(C)C2CC3OC(=O)C1C3O2. The van der Waals surface area contributed by atoms with E-state index in [1.165, 1.54) is 0 Å². The molecule has 0 aliphatic carbocycles. The fourth-order valence-corrected chi connectivity index (χ4v) is 3.18. The highest BCUT2D eigenvalue weighted by molar-refractivity contribution is 5.81. The third-order valence-electron chi connectivity index (χ3n) is 4.99. The van der Waals surface area contributed by atoms with E-state index in [0.717, 1.165) is 0 Å². The van der Waals surface area contributed by atoms with E-state index in [2.05, 4.69) is 0 Å². The summed E-state index contributed by atoms with van der Waals surface area (Å²) >= 11 is 0. The fourth-order valence-electron chi connectivity index (χ4n) is 3.18. The summed E-state index contributed by atoms with van der Waals surface area (Å²) in [4.78, 5) is 24.2. The van der Waals surface area contributed by atoms with Crippen LogP contribution in [0.2, 0.25) is 0 Å². The van der Waals surface area contributed by atoms with Crippen LogP contribution >= 0.6 is 0 Å². The van der Waals surface area contributed by atoms with Gasteiger partial charge in [-0.2, -0.15) is 0 Å². The van der Waals surface area contributed by atoms with E-state index in [1.807, 2.05) is 20.8 Å². The van der Waals surface area contributed by atoms with E-state index in [-0.39, 0.29) is 30.3 Å². The first-order valence-corrected chi connectivity index (χ1v) is 6.89. The Morgan fingerprint density at radius 1 is 1.53 bits per heavy atom. The van der Waals surface area contributed by atoms with E-state index in [1.54, 1.807) is 6.92 Å². The second-order valence-corrected chi connectivity index (χ2v) is 6.59. The summed E-state index contributed by atoms with van der Waals surface area (Å²) < 4.78 is 16.8. The molecule has 3 saturated heterocycles. The van der Waals surface area contributed by atoms with Gasteiger partial charge in [0.2, 0.25) is 0 Å². The molecule has 3 aliphatic heterocycles. The topological polar surface area (TPSA) is 61.8 Å². The molecule has 5 heteroatoms. The molecule has 0 aromatic carbocycles. The van der Waals surface area contributed by atoms with E-state index in [0.29, 0.717) is 12.8 Å². The van der Waals surface area contributed by atoms with Crippen molar-refractivity contribution < 1.29 is 23.8 Å². The molecule has 0 radical (unpaired) electrons. The molecule has 3 fully saturated rings. The van der Waals surface area contributed by atoms with Gasteiger partial charge in [0, 0.05) is 6.42 Å². The second-order valence-electron chi connectivity index (χ2n) is 6.59. The lowest BCUT2D eigenvalue weighted by Crippen LogP contribution is -2.51. The monoisotopic (exact) mass is 268 g/mol. The highest BCUT2D eigenvalue weighted by atomic mass is 16.6. The Bertz CT molecular complexity index is 441. The van der Waals surface area contributed by atoms with Gasteiger partial charge in [-0.25, -0.2) is 0 Å². The van der Waals surface area contributed by atoms with Crippen LogP contribution in [0.1, 0.15) is 40.5 Å². The normalized spacial score (nSPS) is 43.5. The average molecular weight is 268 g/mol. The minimum atomic E-state index is -0.877. The molecule has 0 aromatic rings. The zero-order valence-corrected chi connectivity index (χ0v) is 11.8. The predicted octanol–water partition coefficient (Wildman–Crippen LogP) is 1.44. The van der Waals surface area contributed by atoms with Crippen molar-refractivity contribution in [2.24, 2.45) is 11.3 Å². The van der Waals surface area contributed by atoms with Gasteiger partial charge >= 0.3 is 11.9 Å². The van der Waals surface area contributed by atoms with Gasteiger partial charge in [-0.1, -0.05) is 6.92 Å². The molecule has 0 amide bonds. The van der Waals surface area contributed by atoms with Gasteiger partial charge in [0.25, 0.3) is 0 Å². The van der Waals surface area contributed by atoms with Crippen LogP contribution in [0.15, 0.2) is 0 Å². The molecule has 5 nitrogen and oxygen atoms in total. The Hall–Kier alpha value is -1.10. The fraction of sp³-hybridized carbons (Fsp3) is 0.857. The summed E-state index contributed by atoms with van der Waals surface area (Å²) in [6.45, 7) is 7.45. The third kappa shape index (κ3) is 1.57. The van der Waals surface area contributed by atoms with Crippen LogP contribution in [-0.2, 0) is 23.8 Å². The van der Waals surface area contributed by atoms with Crippen LogP contribution in [0, 0.1) is 11.3 Å². The van der Waals surface area contributed by atoms with Gasteiger partial charge in [0.15, 0.2) is 5.60 Å². The Kier molecular flexibility index (Phi) is 2.53. The molecule has 2 bridgehead atoms. The van der Waals surface area contributed by atoms with E-state index < -0.39 is 16.9 Å². The number of carbonyl (C=O) groups is 2. The standard InChI is InChI=1S/C14H20O5/c1-5-13(2,3)12(16)19-14(4)8-6-7-10(18-8)9(14)11(15)17-7/h7-10H,5-6H2,1-4H3. The predicted molar refractivity (Wildman–Crippen MR) is 65.2 cm³/mol. The lowest BCUT2D eigenvalue weighted by atomic mass is 9.77.